The smallest absolute Gasteiger partial charge is 0.374 e. The predicted octanol–water partition coefficient (Wildman–Crippen LogP) is 4.68. The highest BCUT2D eigenvalue weighted by atomic mass is 32.2. The van der Waals surface area contributed by atoms with Gasteiger partial charge in [-0.15, -0.1) is 11.8 Å². The average Bonchev–Trinajstić information content (AvgIpc) is 3.15. The molecule has 5 rings (SSSR count). The number of alkyl halides is 3. The van der Waals surface area contributed by atoms with E-state index < -0.39 is 46.3 Å². The van der Waals surface area contributed by atoms with Crippen molar-refractivity contribution < 1.29 is 31.5 Å². The Kier molecular flexibility index (Phi) is 9.06. The van der Waals surface area contributed by atoms with E-state index in [9.17, 15) is 27.2 Å². The number of ether oxygens (including phenoxy) is 1. The first-order chi connectivity index (χ1) is 20.8. The summed E-state index contributed by atoms with van der Waals surface area (Å²) in [6.45, 7) is 8.36. The molecule has 3 atom stereocenters. The summed E-state index contributed by atoms with van der Waals surface area (Å²) in [6.07, 6.45) is -4.30. The van der Waals surface area contributed by atoms with Crippen LogP contribution in [0.1, 0.15) is 19.4 Å². The van der Waals surface area contributed by atoms with Gasteiger partial charge >= 0.3 is 11.9 Å². The molecule has 2 aliphatic rings. The molecule has 8 nitrogen and oxygen atoms in total. The van der Waals surface area contributed by atoms with Gasteiger partial charge in [0.15, 0.2) is 0 Å². The SMILES string of the molecule is C=CC(=O)N1[C@H](C)CN(c2nc(=O)n3c4c(c(-c5ccc(F)cc5F)c(C(F)(F)F)cc24)SCC(OCCNC)C3)C[C@@H]1C. The van der Waals surface area contributed by atoms with E-state index in [2.05, 4.69) is 16.9 Å². The molecule has 1 saturated heterocycles. The van der Waals surface area contributed by atoms with Crippen LogP contribution in [0.15, 0.2) is 46.6 Å². The highest BCUT2D eigenvalue weighted by Crippen LogP contribution is 2.49. The summed E-state index contributed by atoms with van der Waals surface area (Å²) in [4.78, 5) is 33.9. The molecule has 14 heteroatoms. The topological polar surface area (TPSA) is 79.7 Å². The number of nitrogens with zero attached hydrogens (tertiary/aromatic N) is 4. The second-order valence-electron chi connectivity index (χ2n) is 10.9. The van der Waals surface area contributed by atoms with Gasteiger partial charge in [0, 0.05) is 64.9 Å². The number of amides is 1. The van der Waals surface area contributed by atoms with Gasteiger partial charge < -0.3 is 19.9 Å². The highest BCUT2D eigenvalue weighted by Gasteiger charge is 2.40. The lowest BCUT2D eigenvalue weighted by Crippen LogP contribution is -2.58. The monoisotopic (exact) mass is 637 g/mol. The maximum Gasteiger partial charge on any atom is 0.417 e. The van der Waals surface area contributed by atoms with E-state index in [-0.39, 0.29) is 71.6 Å². The number of hydrogen-bond acceptors (Lipinski definition) is 7. The van der Waals surface area contributed by atoms with Crippen LogP contribution in [0.5, 0.6) is 0 Å². The quantitative estimate of drug-likeness (QED) is 0.229. The molecular weight excluding hydrogens is 605 g/mol. The summed E-state index contributed by atoms with van der Waals surface area (Å²) in [5.41, 5.74) is -2.58. The standard InChI is InChI=1S/C30H32F5N5O3S/c1-5-24(41)40-16(2)12-38(13-17(40)3)28-21-11-22(30(33,34)35)25(20-7-6-18(31)10-23(20)32)27-26(21)39(29(42)37-28)14-19(15-44-27)43-9-8-36-4/h5-7,10-11,16-17,19,36H,1,8-9,12-15H2,2-4H3/t16-,17+,19?. The average molecular weight is 638 g/mol. The van der Waals surface area contributed by atoms with Crippen LogP contribution in [0.25, 0.3) is 22.0 Å². The molecule has 1 aromatic heterocycles. The Morgan fingerprint density at radius 2 is 1.89 bits per heavy atom. The van der Waals surface area contributed by atoms with Crippen molar-refractivity contribution in [2.75, 3.05) is 43.9 Å². The summed E-state index contributed by atoms with van der Waals surface area (Å²) in [6, 6.07) is 2.58. The van der Waals surface area contributed by atoms with Crippen molar-refractivity contribution in [2.45, 2.75) is 49.7 Å². The molecule has 236 valence electrons. The molecule has 2 aromatic carbocycles. The van der Waals surface area contributed by atoms with Gasteiger partial charge in [-0.1, -0.05) is 6.58 Å². The third-order valence-corrected chi connectivity index (χ3v) is 9.08. The Morgan fingerprint density at radius 1 is 1.18 bits per heavy atom. The molecule has 3 aromatic rings. The summed E-state index contributed by atoms with van der Waals surface area (Å²) in [5, 5.41) is 3.02. The van der Waals surface area contributed by atoms with Gasteiger partial charge in [0.25, 0.3) is 0 Å². The van der Waals surface area contributed by atoms with Crippen LogP contribution in [0.4, 0.5) is 27.8 Å². The summed E-state index contributed by atoms with van der Waals surface area (Å²) < 4.78 is 80.9. The molecule has 1 N–H and O–H groups in total. The normalized spacial score (nSPS) is 20.6. The number of anilines is 1. The van der Waals surface area contributed by atoms with Gasteiger partial charge in [0.2, 0.25) is 5.91 Å². The van der Waals surface area contributed by atoms with Crippen molar-refractivity contribution in [3.63, 3.8) is 0 Å². The van der Waals surface area contributed by atoms with Crippen molar-refractivity contribution >= 4 is 34.4 Å². The number of nitrogens with one attached hydrogen (secondary N) is 1. The summed E-state index contributed by atoms with van der Waals surface area (Å²) in [7, 11) is 1.74. The van der Waals surface area contributed by atoms with E-state index in [4.69, 9.17) is 4.74 Å². The Balaban J connectivity index is 1.79. The molecule has 1 unspecified atom stereocenters. The Morgan fingerprint density at radius 3 is 2.50 bits per heavy atom. The van der Waals surface area contributed by atoms with Crippen LogP contribution in [0.2, 0.25) is 0 Å². The number of thioether (sulfide) groups is 1. The molecule has 0 saturated carbocycles. The van der Waals surface area contributed by atoms with Gasteiger partial charge in [-0.3, -0.25) is 9.36 Å². The fourth-order valence-electron chi connectivity index (χ4n) is 6.02. The largest absolute Gasteiger partial charge is 0.417 e. The lowest BCUT2D eigenvalue weighted by atomic mass is 9.95. The minimum atomic E-state index is -4.94. The fourth-order valence-corrected chi connectivity index (χ4v) is 7.30. The minimum absolute atomic E-state index is 0.0114. The first-order valence-corrected chi connectivity index (χ1v) is 15.1. The zero-order valence-corrected chi connectivity index (χ0v) is 25.2. The van der Waals surface area contributed by atoms with Gasteiger partial charge in [0.1, 0.15) is 17.5 Å². The van der Waals surface area contributed by atoms with Gasteiger partial charge in [-0.05, 0) is 45.2 Å². The number of benzene rings is 2. The minimum Gasteiger partial charge on any atom is -0.374 e. The van der Waals surface area contributed by atoms with Crippen LogP contribution in [0.3, 0.4) is 0 Å². The summed E-state index contributed by atoms with van der Waals surface area (Å²) >= 11 is 1.03. The van der Waals surface area contributed by atoms with Crippen LogP contribution >= 0.6 is 11.8 Å². The second kappa shape index (κ2) is 12.5. The van der Waals surface area contributed by atoms with E-state index in [1.165, 1.54) is 10.6 Å². The van der Waals surface area contributed by atoms with E-state index in [0.717, 1.165) is 30.0 Å². The Bertz CT molecular complexity index is 1650. The summed E-state index contributed by atoms with van der Waals surface area (Å²) in [5.74, 6) is -2.16. The Hall–Kier alpha value is -3.49. The highest BCUT2D eigenvalue weighted by molar-refractivity contribution is 7.99. The first-order valence-electron chi connectivity index (χ1n) is 14.1. The van der Waals surface area contributed by atoms with Crippen molar-refractivity contribution in [2.24, 2.45) is 0 Å². The Labute approximate surface area is 254 Å². The van der Waals surface area contributed by atoms with Crippen LogP contribution in [-0.4, -0.2) is 77.6 Å². The third-order valence-electron chi connectivity index (χ3n) is 7.86. The van der Waals surface area contributed by atoms with Crippen LogP contribution in [-0.2, 0) is 22.3 Å². The molecule has 0 bridgehead atoms. The zero-order chi connectivity index (χ0) is 31.9. The van der Waals surface area contributed by atoms with Crippen molar-refractivity contribution in [1.29, 1.82) is 0 Å². The van der Waals surface area contributed by atoms with E-state index in [1.807, 2.05) is 0 Å². The van der Waals surface area contributed by atoms with E-state index >= 15 is 4.39 Å². The molecule has 44 heavy (non-hydrogen) atoms. The number of piperazine rings is 1. The van der Waals surface area contributed by atoms with E-state index in [0.29, 0.717) is 12.6 Å². The molecular formula is C30H32F5N5O3S. The van der Waals surface area contributed by atoms with Crippen LogP contribution < -0.4 is 15.9 Å². The predicted molar refractivity (Wildman–Crippen MR) is 159 cm³/mol. The van der Waals surface area contributed by atoms with E-state index in [1.54, 1.807) is 30.7 Å². The molecule has 0 radical (unpaired) electrons. The number of carbonyl (C=O) groups is 1. The van der Waals surface area contributed by atoms with Gasteiger partial charge in [-0.2, -0.15) is 18.2 Å². The molecule has 0 spiro atoms. The zero-order valence-electron chi connectivity index (χ0n) is 24.4. The third kappa shape index (κ3) is 5.94. The lowest BCUT2D eigenvalue weighted by molar-refractivity contribution is -0.137. The van der Waals surface area contributed by atoms with Gasteiger partial charge in [0.05, 0.1) is 30.3 Å². The number of halogens is 5. The number of rotatable bonds is 7. The molecule has 1 fully saturated rings. The second-order valence-corrected chi connectivity index (χ2v) is 12.0. The molecule has 2 aliphatic heterocycles. The number of carbonyl (C=O) groups excluding carboxylic acids is 1. The number of aromatic nitrogens is 2. The van der Waals surface area contributed by atoms with Crippen molar-refractivity contribution in [3.05, 3.63) is 64.6 Å². The maximum absolute atomic E-state index is 15.2. The van der Waals surface area contributed by atoms with Gasteiger partial charge in [-0.25, -0.2) is 13.6 Å². The molecule has 0 aliphatic carbocycles. The fraction of sp³-hybridized carbons (Fsp3) is 0.433. The maximum atomic E-state index is 15.2. The molecule has 3 heterocycles. The number of likely N-dealkylation sites (N-methyl/N-ethyl adjacent to an activating group) is 1. The molecule has 1 amide bonds. The first kappa shape index (κ1) is 31.9. The van der Waals surface area contributed by atoms with Crippen molar-refractivity contribution in [1.82, 2.24) is 19.8 Å². The number of hydrogen-bond donors (Lipinski definition) is 1. The van der Waals surface area contributed by atoms with Crippen molar-refractivity contribution in [3.8, 4) is 11.1 Å². The lowest BCUT2D eigenvalue weighted by Gasteiger charge is -2.44. The van der Waals surface area contributed by atoms with Crippen LogP contribution in [0, 0.1) is 11.6 Å².